The Bertz CT molecular complexity index is 1100. The highest BCUT2D eigenvalue weighted by Crippen LogP contribution is 2.26. The van der Waals surface area contributed by atoms with Gasteiger partial charge in [0.2, 0.25) is 0 Å². The lowest BCUT2D eigenvalue weighted by atomic mass is 10.0. The highest BCUT2D eigenvalue weighted by molar-refractivity contribution is 6.07. The second kappa shape index (κ2) is 9.77. The van der Waals surface area contributed by atoms with Gasteiger partial charge in [0.15, 0.2) is 0 Å². The quantitative estimate of drug-likeness (QED) is 0.616. The van der Waals surface area contributed by atoms with E-state index in [-0.39, 0.29) is 17.9 Å². The summed E-state index contributed by atoms with van der Waals surface area (Å²) >= 11 is 0. The van der Waals surface area contributed by atoms with E-state index in [4.69, 9.17) is 9.72 Å². The third-order valence-corrected chi connectivity index (χ3v) is 5.49. The number of pyridine rings is 2. The molecule has 166 valence electrons. The van der Waals surface area contributed by atoms with Gasteiger partial charge in [0, 0.05) is 49.5 Å². The van der Waals surface area contributed by atoms with E-state index in [2.05, 4.69) is 4.98 Å². The topological polar surface area (TPSA) is 75.6 Å². The van der Waals surface area contributed by atoms with Crippen LogP contribution in [0.25, 0.3) is 22.2 Å². The number of amides is 2. The van der Waals surface area contributed by atoms with Gasteiger partial charge in [-0.05, 0) is 36.6 Å². The van der Waals surface area contributed by atoms with Crippen LogP contribution in [0, 0.1) is 5.92 Å². The minimum Gasteiger partial charge on any atom is -0.449 e. The fourth-order valence-electron chi connectivity index (χ4n) is 3.82. The summed E-state index contributed by atoms with van der Waals surface area (Å²) in [6.07, 6.45) is 3.87. The fourth-order valence-corrected chi connectivity index (χ4v) is 3.82. The van der Waals surface area contributed by atoms with Crippen LogP contribution >= 0.6 is 0 Å². The van der Waals surface area contributed by atoms with E-state index in [0.717, 1.165) is 16.5 Å². The third-order valence-electron chi connectivity index (χ3n) is 5.49. The van der Waals surface area contributed by atoms with Gasteiger partial charge in [-0.3, -0.25) is 9.78 Å². The number of ether oxygens (including phenoxy) is 1. The molecule has 0 atom stereocenters. The van der Waals surface area contributed by atoms with Crippen molar-refractivity contribution in [2.24, 2.45) is 5.92 Å². The number of hydrogen-bond acceptors (Lipinski definition) is 5. The zero-order chi connectivity index (χ0) is 22.5. The largest absolute Gasteiger partial charge is 0.449 e. The Balaban J connectivity index is 1.58. The number of carbonyl (C=O) groups excluding carboxylic acids is 2. The molecule has 0 radical (unpaired) electrons. The summed E-state index contributed by atoms with van der Waals surface area (Å²) in [5.41, 5.74) is 2.97. The maximum absolute atomic E-state index is 13.6. The standard InChI is InChI=1S/C25H28N4O3/c1-18(2)17-32-25(31)29-12-6-11-28(13-14-29)24(30)21-15-23(19-7-5-10-26-16-19)27-22-9-4-3-8-20(21)22/h3-5,7-10,15-16,18H,6,11-14,17H2,1-2H3. The summed E-state index contributed by atoms with van der Waals surface area (Å²) < 4.78 is 5.37. The maximum atomic E-state index is 13.6. The van der Waals surface area contributed by atoms with E-state index < -0.39 is 0 Å². The van der Waals surface area contributed by atoms with Crippen LogP contribution in [0.1, 0.15) is 30.6 Å². The lowest BCUT2D eigenvalue weighted by Gasteiger charge is -2.23. The molecule has 4 rings (SSSR count). The average molecular weight is 433 g/mol. The summed E-state index contributed by atoms with van der Waals surface area (Å²) in [5.74, 6) is 0.240. The molecule has 0 N–H and O–H groups in total. The Morgan fingerprint density at radius 2 is 1.81 bits per heavy atom. The second-order valence-electron chi connectivity index (χ2n) is 8.42. The van der Waals surface area contributed by atoms with Gasteiger partial charge in [-0.2, -0.15) is 0 Å². The molecule has 32 heavy (non-hydrogen) atoms. The Hall–Kier alpha value is -3.48. The lowest BCUT2D eigenvalue weighted by molar-refractivity contribution is 0.0748. The molecule has 3 heterocycles. The van der Waals surface area contributed by atoms with Crippen LogP contribution in [0.15, 0.2) is 54.9 Å². The maximum Gasteiger partial charge on any atom is 0.409 e. The number of hydrogen-bond donors (Lipinski definition) is 0. The molecule has 2 aromatic heterocycles. The van der Waals surface area contributed by atoms with Crippen LogP contribution in [-0.4, -0.2) is 64.6 Å². The van der Waals surface area contributed by atoms with Crippen molar-refractivity contribution < 1.29 is 14.3 Å². The Labute approximate surface area is 188 Å². The van der Waals surface area contributed by atoms with Gasteiger partial charge in [-0.1, -0.05) is 32.0 Å². The molecule has 1 aliphatic heterocycles. The van der Waals surface area contributed by atoms with E-state index in [0.29, 0.717) is 50.5 Å². The molecule has 1 fully saturated rings. The van der Waals surface area contributed by atoms with Gasteiger partial charge in [0.1, 0.15) is 0 Å². The second-order valence-corrected chi connectivity index (χ2v) is 8.42. The number of fused-ring (bicyclic) bond motifs is 1. The van der Waals surface area contributed by atoms with Crippen molar-refractivity contribution in [2.45, 2.75) is 20.3 Å². The summed E-state index contributed by atoms with van der Waals surface area (Å²) in [5, 5.41) is 0.822. The zero-order valence-electron chi connectivity index (χ0n) is 18.5. The SMILES string of the molecule is CC(C)COC(=O)N1CCCN(C(=O)c2cc(-c3cccnc3)nc3ccccc23)CC1. The highest BCUT2D eigenvalue weighted by Gasteiger charge is 2.25. The van der Waals surface area contributed by atoms with Crippen LogP contribution in [0.2, 0.25) is 0 Å². The van der Waals surface area contributed by atoms with Crippen LogP contribution in [0.3, 0.4) is 0 Å². The molecule has 1 aromatic carbocycles. The molecule has 1 aliphatic rings. The van der Waals surface area contributed by atoms with Gasteiger partial charge in [-0.15, -0.1) is 0 Å². The minimum atomic E-state index is -0.304. The highest BCUT2D eigenvalue weighted by atomic mass is 16.6. The molecule has 0 aliphatic carbocycles. The van der Waals surface area contributed by atoms with Gasteiger partial charge in [0.05, 0.1) is 23.4 Å². The molecule has 0 bridgehead atoms. The summed E-state index contributed by atoms with van der Waals surface area (Å²) in [6.45, 7) is 6.52. The fraction of sp³-hybridized carbons (Fsp3) is 0.360. The van der Waals surface area contributed by atoms with Gasteiger partial charge in [0.25, 0.3) is 5.91 Å². The smallest absolute Gasteiger partial charge is 0.409 e. The number of benzene rings is 1. The number of carbonyl (C=O) groups is 2. The molecule has 7 nitrogen and oxygen atoms in total. The first-order valence-electron chi connectivity index (χ1n) is 11.0. The molecule has 0 spiro atoms. The summed E-state index contributed by atoms with van der Waals surface area (Å²) in [7, 11) is 0. The monoisotopic (exact) mass is 432 g/mol. The normalized spacial score (nSPS) is 14.5. The van der Waals surface area contributed by atoms with E-state index in [1.54, 1.807) is 17.3 Å². The summed E-state index contributed by atoms with van der Waals surface area (Å²) in [4.78, 5) is 38.4. The Morgan fingerprint density at radius 3 is 2.59 bits per heavy atom. The number of rotatable bonds is 4. The molecule has 3 aromatic rings. The van der Waals surface area contributed by atoms with Crippen molar-refractivity contribution in [3.8, 4) is 11.3 Å². The lowest BCUT2D eigenvalue weighted by Crippen LogP contribution is -2.38. The first-order valence-corrected chi connectivity index (χ1v) is 11.0. The Kier molecular flexibility index (Phi) is 6.63. The molecule has 0 unspecified atom stereocenters. The van der Waals surface area contributed by atoms with Crippen molar-refractivity contribution in [3.63, 3.8) is 0 Å². The molecule has 0 saturated carbocycles. The molecular weight excluding hydrogens is 404 g/mol. The molecule has 1 saturated heterocycles. The third kappa shape index (κ3) is 4.88. The summed E-state index contributed by atoms with van der Waals surface area (Å²) in [6, 6.07) is 13.3. The van der Waals surface area contributed by atoms with Crippen LogP contribution in [0.4, 0.5) is 4.79 Å². The van der Waals surface area contributed by atoms with Gasteiger partial charge >= 0.3 is 6.09 Å². The Morgan fingerprint density at radius 1 is 1.03 bits per heavy atom. The minimum absolute atomic E-state index is 0.0499. The number of nitrogens with zero attached hydrogens (tertiary/aromatic N) is 4. The van der Waals surface area contributed by atoms with Crippen molar-refractivity contribution in [2.75, 3.05) is 32.8 Å². The molecule has 7 heteroatoms. The number of para-hydroxylation sites is 1. The van der Waals surface area contributed by atoms with Crippen molar-refractivity contribution in [3.05, 3.63) is 60.4 Å². The van der Waals surface area contributed by atoms with Crippen molar-refractivity contribution in [1.29, 1.82) is 0 Å². The van der Waals surface area contributed by atoms with Crippen molar-refractivity contribution in [1.82, 2.24) is 19.8 Å². The zero-order valence-corrected chi connectivity index (χ0v) is 18.5. The van der Waals surface area contributed by atoms with E-state index in [1.165, 1.54) is 0 Å². The van der Waals surface area contributed by atoms with Crippen LogP contribution in [-0.2, 0) is 4.74 Å². The van der Waals surface area contributed by atoms with E-state index in [9.17, 15) is 9.59 Å². The van der Waals surface area contributed by atoms with Gasteiger partial charge < -0.3 is 14.5 Å². The van der Waals surface area contributed by atoms with E-state index >= 15 is 0 Å². The van der Waals surface area contributed by atoms with Crippen LogP contribution in [0.5, 0.6) is 0 Å². The first-order chi connectivity index (χ1) is 15.5. The molecular formula is C25H28N4O3. The number of aromatic nitrogens is 2. The molecule has 2 amide bonds. The first kappa shape index (κ1) is 21.7. The van der Waals surface area contributed by atoms with Gasteiger partial charge in [-0.25, -0.2) is 9.78 Å². The predicted molar refractivity (Wildman–Crippen MR) is 123 cm³/mol. The van der Waals surface area contributed by atoms with Crippen molar-refractivity contribution >= 4 is 22.9 Å². The van der Waals surface area contributed by atoms with Crippen LogP contribution < -0.4 is 0 Å². The predicted octanol–water partition coefficient (Wildman–Crippen LogP) is 4.24. The average Bonchev–Trinajstić information content (AvgIpc) is 3.08. The van der Waals surface area contributed by atoms with E-state index in [1.807, 2.05) is 61.2 Å².